The molecule has 2 aliphatic heterocycles. The smallest absolute Gasteiger partial charge is 0.280 e. The van der Waals surface area contributed by atoms with Crippen molar-refractivity contribution in [1.29, 1.82) is 0 Å². The van der Waals surface area contributed by atoms with Gasteiger partial charge in [-0.3, -0.25) is 4.79 Å². The lowest BCUT2D eigenvalue weighted by atomic mass is 9.99. The lowest BCUT2D eigenvalue weighted by molar-refractivity contribution is 0.0696. The van der Waals surface area contributed by atoms with Gasteiger partial charge in [0, 0.05) is 44.0 Å². The number of hydrogen-bond donors (Lipinski definition) is 2. The fraction of sp³-hybridized carbons (Fsp3) is 0.429. The van der Waals surface area contributed by atoms with Gasteiger partial charge in [0.1, 0.15) is 16.7 Å². The standard InChI is InChI=1S/C21H23N5O3S/c27-8-5-13-11-26(16-4-2-1-3-15(13)16)18-17-20(23-12-22-18)30-21(25-17)19(28)24-14-6-9-29-10-7-14/h1-4,12-14,27H,5-11H2,(H,24,28). The van der Waals surface area contributed by atoms with Gasteiger partial charge in [0.2, 0.25) is 0 Å². The summed E-state index contributed by atoms with van der Waals surface area (Å²) < 4.78 is 5.36. The van der Waals surface area contributed by atoms with Crippen molar-refractivity contribution in [3.8, 4) is 0 Å². The Morgan fingerprint density at radius 2 is 2.10 bits per heavy atom. The molecule has 1 amide bonds. The molecule has 9 heteroatoms. The van der Waals surface area contributed by atoms with Crippen molar-refractivity contribution in [1.82, 2.24) is 20.3 Å². The Kier molecular flexibility index (Phi) is 5.32. The fourth-order valence-corrected chi connectivity index (χ4v) is 5.03. The molecule has 1 unspecified atom stereocenters. The maximum absolute atomic E-state index is 12.8. The van der Waals surface area contributed by atoms with Gasteiger partial charge in [-0.25, -0.2) is 15.0 Å². The summed E-state index contributed by atoms with van der Waals surface area (Å²) in [4.78, 5) is 29.1. The average Bonchev–Trinajstić information content (AvgIpc) is 3.37. The molecule has 0 saturated carbocycles. The van der Waals surface area contributed by atoms with Gasteiger partial charge in [-0.15, -0.1) is 0 Å². The fourth-order valence-electron chi connectivity index (χ4n) is 4.22. The maximum atomic E-state index is 12.8. The van der Waals surface area contributed by atoms with E-state index >= 15 is 0 Å². The van der Waals surface area contributed by atoms with Crippen LogP contribution in [-0.2, 0) is 4.74 Å². The normalized spacial score (nSPS) is 19.2. The number of ether oxygens (including phenoxy) is 1. The number of amides is 1. The predicted molar refractivity (Wildman–Crippen MR) is 114 cm³/mol. The van der Waals surface area contributed by atoms with E-state index in [0.717, 1.165) is 18.5 Å². The molecule has 0 spiro atoms. The van der Waals surface area contributed by atoms with Crippen LogP contribution in [0.25, 0.3) is 10.3 Å². The first-order chi connectivity index (χ1) is 14.7. The summed E-state index contributed by atoms with van der Waals surface area (Å²) in [5.74, 6) is 0.760. The highest BCUT2D eigenvalue weighted by molar-refractivity contribution is 7.20. The first-order valence-electron chi connectivity index (χ1n) is 10.2. The van der Waals surface area contributed by atoms with Gasteiger partial charge in [0.05, 0.1) is 0 Å². The molecule has 1 aromatic carbocycles. The highest BCUT2D eigenvalue weighted by Crippen LogP contribution is 2.43. The summed E-state index contributed by atoms with van der Waals surface area (Å²) >= 11 is 1.29. The van der Waals surface area contributed by atoms with Gasteiger partial charge in [0.25, 0.3) is 5.91 Å². The van der Waals surface area contributed by atoms with Crippen LogP contribution in [0.5, 0.6) is 0 Å². The number of nitrogens with zero attached hydrogens (tertiary/aromatic N) is 4. The van der Waals surface area contributed by atoms with Gasteiger partial charge in [-0.1, -0.05) is 29.5 Å². The number of benzene rings is 1. The first-order valence-corrected chi connectivity index (χ1v) is 11.0. The molecule has 1 fully saturated rings. The zero-order chi connectivity index (χ0) is 20.5. The Labute approximate surface area is 177 Å². The Balaban J connectivity index is 1.47. The zero-order valence-electron chi connectivity index (χ0n) is 16.5. The Bertz CT molecular complexity index is 1070. The van der Waals surface area contributed by atoms with E-state index in [4.69, 9.17) is 4.74 Å². The second-order valence-electron chi connectivity index (χ2n) is 7.61. The van der Waals surface area contributed by atoms with Crippen molar-refractivity contribution < 1.29 is 14.6 Å². The Morgan fingerprint density at radius 1 is 1.27 bits per heavy atom. The first kappa shape index (κ1) is 19.3. The summed E-state index contributed by atoms with van der Waals surface area (Å²) in [6, 6.07) is 8.30. The van der Waals surface area contributed by atoms with Gasteiger partial charge in [-0.2, -0.15) is 0 Å². The number of thiazole rings is 1. The minimum absolute atomic E-state index is 0.119. The molecule has 5 rings (SSSR count). The van der Waals surface area contributed by atoms with E-state index in [9.17, 15) is 9.90 Å². The van der Waals surface area contributed by atoms with Crippen LogP contribution in [0.3, 0.4) is 0 Å². The SMILES string of the molecule is O=C(NC1CCOCC1)c1nc2c(N3CC(CCO)c4ccccc43)ncnc2s1. The highest BCUT2D eigenvalue weighted by Gasteiger charge is 2.31. The van der Waals surface area contributed by atoms with Crippen molar-refractivity contribution in [2.45, 2.75) is 31.2 Å². The van der Waals surface area contributed by atoms with E-state index in [2.05, 4.69) is 37.3 Å². The number of aliphatic hydroxyl groups is 1. The third-order valence-corrected chi connectivity index (χ3v) is 6.69. The molecule has 156 valence electrons. The molecule has 8 nitrogen and oxygen atoms in total. The van der Waals surface area contributed by atoms with Gasteiger partial charge < -0.3 is 20.1 Å². The van der Waals surface area contributed by atoms with Crippen LogP contribution >= 0.6 is 11.3 Å². The Hall–Kier alpha value is -2.62. The third-order valence-electron chi connectivity index (χ3n) is 5.73. The van der Waals surface area contributed by atoms with E-state index in [1.807, 2.05) is 12.1 Å². The molecule has 1 saturated heterocycles. The van der Waals surface area contributed by atoms with Gasteiger partial charge in [-0.05, 0) is 30.9 Å². The number of rotatable bonds is 5. The van der Waals surface area contributed by atoms with Crippen LogP contribution in [0.1, 0.15) is 40.5 Å². The molecular weight excluding hydrogens is 402 g/mol. The summed E-state index contributed by atoms with van der Waals surface area (Å²) in [5.41, 5.74) is 2.90. The maximum Gasteiger partial charge on any atom is 0.280 e. The van der Waals surface area contributed by atoms with E-state index in [0.29, 0.717) is 47.4 Å². The molecule has 2 aliphatic rings. The van der Waals surface area contributed by atoms with Crippen LogP contribution in [-0.4, -0.2) is 58.4 Å². The van der Waals surface area contributed by atoms with Crippen LogP contribution in [0, 0.1) is 0 Å². The van der Waals surface area contributed by atoms with E-state index in [-0.39, 0.29) is 24.5 Å². The lowest BCUT2D eigenvalue weighted by Gasteiger charge is -2.22. The van der Waals surface area contributed by atoms with Crippen LogP contribution < -0.4 is 10.2 Å². The predicted octanol–water partition coefficient (Wildman–Crippen LogP) is 2.61. The van der Waals surface area contributed by atoms with E-state index < -0.39 is 0 Å². The van der Waals surface area contributed by atoms with Crippen molar-refractivity contribution in [2.24, 2.45) is 0 Å². The second-order valence-corrected chi connectivity index (χ2v) is 8.59. The number of para-hydroxylation sites is 1. The molecule has 2 aromatic heterocycles. The quantitative estimate of drug-likeness (QED) is 0.648. The Morgan fingerprint density at radius 3 is 2.93 bits per heavy atom. The highest BCUT2D eigenvalue weighted by atomic mass is 32.1. The van der Waals surface area contributed by atoms with Crippen molar-refractivity contribution in [2.75, 3.05) is 31.3 Å². The molecule has 4 heterocycles. The zero-order valence-corrected chi connectivity index (χ0v) is 17.3. The molecule has 30 heavy (non-hydrogen) atoms. The second kappa shape index (κ2) is 8.25. The largest absolute Gasteiger partial charge is 0.396 e. The number of carbonyl (C=O) groups excluding carboxylic acids is 1. The molecule has 0 radical (unpaired) electrons. The molecule has 2 N–H and O–H groups in total. The monoisotopic (exact) mass is 425 g/mol. The van der Waals surface area contributed by atoms with Crippen LogP contribution in [0.15, 0.2) is 30.6 Å². The van der Waals surface area contributed by atoms with Gasteiger partial charge >= 0.3 is 0 Å². The molecule has 0 aliphatic carbocycles. The lowest BCUT2D eigenvalue weighted by Crippen LogP contribution is -2.38. The summed E-state index contributed by atoms with van der Waals surface area (Å²) in [6.07, 6.45) is 3.85. The van der Waals surface area contributed by atoms with Crippen molar-refractivity contribution >= 4 is 39.1 Å². The van der Waals surface area contributed by atoms with E-state index in [1.54, 1.807) is 0 Å². The minimum atomic E-state index is -0.171. The van der Waals surface area contributed by atoms with E-state index in [1.165, 1.54) is 23.2 Å². The number of fused-ring (bicyclic) bond motifs is 2. The number of aromatic nitrogens is 3. The summed E-state index contributed by atoms with van der Waals surface area (Å²) in [5, 5.41) is 12.9. The molecule has 0 bridgehead atoms. The van der Waals surface area contributed by atoms with Crippen molar-refractivity contribution in [3.63, 3.8) is 0 Å². The number of nitrogens with one attached hydrogen (secondary N) is 1. The van der Waals surface area contributed by atoms with Crippen LogP contribution in [0.2, 0.25) is 0 Å². The summed E-state index contributed by atoms with van der Waals surface area (Å²) in [7, 11) is 0. The van der Waals surface area contributed by atoms with Crippen LogP contribution in [0.4, 0.5) is 11.5 Å². The topological polar surface area (TPSA) is 100 Å². The number of aliphatic hydroxyl groups excluding tert-OH is 1. The minimum Gasteiger partial charge on any atom is -0.396 e. The third kappa shape index (κ3) is 3.53. The van der Waals surface area contributed by atoms with Crippen molar-refractivity contribution in [3.05, 3.63) is 41.2 Å². The number of anilines is 2. The number of carbonyl (C=O) groups is 1. The molecular formula is C21H23N5O3S. The average molecular weight is 426 g/mol. The summed E-state index contributed by atoms with van der Waals surface area (Å²) in [6.45, 7) is 2.19. The molecule has 1 atom stereocenters. The molecule has 3 aromatic rings. The van der Waals surface area contributed by atoms with Gasteiger partial charge in [0.15, 0.2) is 10.8 Å². The number of hydrogen-bond acceptors (Lipinski definition) is 8.